The van der Waals surface area contributed by atoms with Crippen molar-refractivity contribution in [2.45, 2.75) is 5.38 Å². The second-order valence-electron chi connectivity index (χ2n) is 3.73. The summed E-state index contributed by atoms with van der Waals surface area (Å²) in [4.78, 5) is 1.02. The Bertz CT molecular complexity index is 586. The molecule has 1 aromatic carbocycles. The van der Waals surface area contributed by atoms with Crippen LogP contribution in [0.1, 0.15) is 15.8 Å². The molecule has 0 spiro atoms. The predicted octanol–water partition coefficient (Wildman–Crippen LogP) is 5.51. The van der Waals surface area contributed by atoms with Crippen molar-refractivity contribution in [3.8, 4) is 11.5 Å². The minimum atomic E-state index is -0.316. The van der Waals surface area contributed by atoms with Crippen LogP contribution < -0.4 is 9.47 Å². The van der Waals surface area contributed by atoms with Gasteiger partial charge in [-0.1, -0.05) is 11.6 Å². The van der Waals surface area contributed by atoms with Crippen LogP contribution in [-0.2, 0) is 0 Å². The van der Waals surface area contributed by atoms with Gasteiger partial charge in [-0.25, -0.2) is 0 Å². The molecule has 0 radical (unpaired) electrons. The van der Waals surface area contributed by atoms with Crippen molar-refractivity contribution in [2.75, 3.05) is 14.2 Å². The highest BCUT2D eigenvalue weighted by Gasteiger charge is 2.19. The van der Waals surface area contributed by atoms with Crippen molar-refractivity contribution in [1.29, 1.82) is 0 Å². The fourth-order valence-electron chi connectivity index (χ4n) is 1.68. The lowest BCUT2D eigenvalue weighted by atomic mass is 10.1. The zero-order valence-corrected chi connectivity index (χ0v) is 14.2. The lowest BCUT2D eigenvalue weighted by Gasteiger charge is -2.14. The number of hydrogen-bond donors (Lipinski definition) is 0. The van der Waals surface area contributed by atoms with Crippen molar-refractivity contribution in [2.24, 2.45) is 0 Å². The summed E-state index contributed by atoms with van der Waals surface area (Å²) >= 11 is 17.7. The highest BCUT2D eigenvalue weighted by atomic mass is 79.9. The van der Waals surface area contributed by atoms with Crippen LogP contribution in [0.3, 0.4) is 0 Å². The molecule has 0 amide bonds. The van der Waals surface area contributed by atoms with Crippen LogP contribution >= 0.6 is 50.5 Å². The fourth-order valence-corrected chi connectivity index (χ4v) is 3.81. The molecule has 1 aromatic heterocycles. The van der Waals surface area contributed by atoms with Crippen LogP contribution in [0.25, 0.3) is 0 Å². The molecule has 0 N–H and O–H groups in total. The average Bonchev–Trinajstić information content (AvgIpc) is 2.84. The average molecular weight is 382 g/mol. The molecule has 0 aliphatic rings. The van der Waals surface area contributed by atoms with Gasteiger partial charge in [0.25, 0.3) is 0 Å². The predicted molar refractivity (Wildman–Crippen MR) is 84.3 cm³/mol. The monoisotopic (exact) mass is 380 g/mol. The standard InChI is InChI=1S/C13H11BrCl2O2S/c1-17-9-5-7(8(15)6-10(9)18-2)13(16)11-3-4-12(14)19-11/h3-6,13H,1-2H3. The largest absolute Gasteiger partial charge is 0.493 e. The second kappa shape index (κ2) is 6.35. The number of halogens is 3. The van der Waals surface area contributed by atoms with E-state index in [0.717, 1.165) is 14.2 Å². The topological polar surface area (TPSA) is 18.5 Å². The molecule has 0 saturated heterocycles. The molecule has 102 valence electrons. The Labute approximate surface area is 134 Å². The molecule has 0 aliphatic heterocycles. The molecule has 0 fully saturated rings. The van der Waals surface area contributed by atoms with E-state index in [9.17, 15) is 0 Å². The van der Waals surface area contributed by atoms with Crippen molar-refractivity contribution in [3.63, 3.8) is 0 Å². The molecule has 1 unspecified atom stereocenters. The molecule has 19 heavy (non-hydrogen) atoms. The highest BCUT2D eigenvalue weighted by Crippen LogP contribution is 2.42. The molecule has 1 heterocycles. The minimum Gasteiger partial charge on any atom is -0.493 e. The number of methoxy groups -OCH3 is 2. The van der Waals surface area contributed by atoms with Gasteiger partial charge in [-0.2, -0.15) is 0 Å². The molecule has 2 nitrogen and oxygen atoms in total. The fraction of sp³-hybridized carbons (Fsp3) is 0.231. The van der Waals surface area contributed by atoms with E-state index in [1.165, 1.54) is 0 Å². The highest BCUT2D eigenvalue weighted by molar-refractivity contribution is 9.11. The first-order valence-corrected chi connectivity index (χ1v) is 7.80. The van der Waals surface area contributed by atoms with Gasteiger partial charge in [0.2, 0.25) is 0 Å². The van der Waals surface area contributed by atoms with E-state index < -0.39 is 0 Å². The van der Waals surface area contributed by atoms with Crippen molar-refractivity contribution < 1.29 is 9.47 Å². The number of hydrogen-bond acceptors (Lipinski definition) is 3. The maximum absolute atomic E-state index is 6.48. The Morgan fingerprint density at radius 3 is 2.32 bits per heavy atom. The molecular weight excluding hydrogens is 371 g/mol. The summed E-state index contributed by atoms with van der Waals surface area (Å²) in [5.41, 5.74) is 0.801. The summed E-state index contributed by atoms with van der Waals surface area (Å²) in [5, 5.41) is 0.241. The van der Waals surface area contributed by atoms with Crippen LogP contribution in [-0.4, -0.2) is 14.2 Å². The Balaban J connectivity index is 2.44. The number of rotatable bonds is 4. The minimum absolute atomic E-state index is 0.316. The van der Waals surface area contributed by atoms with Gasteiger partial charge < -0.3 is 9.47 Å². The zero-order chi connectivity index (χ0) is 14.0. The lowest BCUT2D eigenvalue weighted by Crippen LogP contribution is -1.96. The normalized spacial score (nSPS) is 12.3. The van der Waals surface area contributed by atoms with Gasteiger partial charge in [-0.15, -0.1) is 22.9 Å². The van der Waals surface area contributed by atoms with Gasteiger partial charge >= 0.3 is 0 Å². The van der Waals surface area contributed by atoms with E-state index in [1.54, 1.807) is 31.6 Å². The van der Waals surface area contributed by atoms with Crippen molar-refractivity contribution >= 4 is 50.5 Å². The van der Waals surface area contributed by atoms with Crippen molar-refractivity contribution in [3.05, 3.63) is 43.5 Å². The maximum atomic E-state index is 6.48. The first kappa shape index (κ1) is 15.0. The molecule has 6 heteroatoms. The third-order valence-corrected chi connectivity index (χ3v) is 5.24. The Hall–Kier alpha value is -0.420. The molecule has 2 rings (SSSR count). The van der Waals surface area contributed by atoms with Gasteiger partial charge in [-0.3, -0.25) is 0 Å². The summed E-state index contributed by atoms with van der Waals surface area (Å²) in [7, 11) is 3.16. The molecule has 0 bridgehead atoms. The molecule has 2 aromatic rings. The van der Waals surface area contributed by atoms with E-state index in [1.807, 2.05) is 18.2 Å². The third-order valence-electron chi connectivity index (χ3n) is 2.62. The Morgan fingerprint density at radius 1 is 1.16 bits per heavy atom. The van der Waals surface area contributed by atoms with Crippen LogP contribution in [0.15, 0.2) is 28.1 Å². The van der Waals surface area contributed by atoms with Gasteiger partial charge in [0.15, 0.2) is 11.5 Å². The Morgan fingerprint density at radius 2 is 1.79 bits per heavy atom. The summed E-state index contributed by atoms with van der Waals surface area (Å²) in [5.74, 6) is 1.20. The van der Waals surface area contributed by atoms with Crippen LogP contribution in [0.2, 0.25) is 5.02 Å². The summed E-state index contributed by atoms with van der Waals surface area (Å²) in [6, 6.07) is 7.46. The van der Waals surface area contributed by atoms with Crippen LogP contribution in [0.5, 0.6) is 11.5 Å². The van der Waals surface area contributed by atoms with Gasteiger partial charge in [0.05, 0.1) is 23.4 Å². The maximum Gasteiger partial charge on any atom is 0.162 e. The number of ether oxygens (including phenoxy) is 2. The van der Waals surface area contributed by atoms with E-state index in [2.05, 4.69) is 15.9 Å². The first-order chi connectivity index (χ1) is 9.06. The quantitative estimate of drug-likeness (QED) is 0.650. The smallest absolute Gasteiger partial charge is 0.162 e. The van der Waals surface area contributed by atoms with E-state index in [4.69, 9.17) is 32.7 Å². The van der Waals surface area contributed by atoms with Crippen LogP contribution in [0, 0.1) is 0 Å². The van der Waals surface area contributed by atoms with E-state index >= 15 is 0 Å². The van der Waals surface area contributed by atoms with Gasteiger partial charge in [-0.05, 0) is 39.7 Å². The second-order valence-corrected chi connectivity index (χ2v) is 7.07. The first-order valence-electron chi connectivity index (χ1n) is 5.37. The van der Waals surface area contributed by atoms with Gasteiger partial charge in [0, 0.05) is 16.0 Å². The molecule has 0 saturated carbocycles. The van der Waals surface area contributed by atoms with Crippen molar-refractivity contribution in [1.82, 2.24) is 0 Å². The van der Waals surface area contributed by atoms with Gasteiger partial charge in [0.1, 0.15) is 0 Å². The number of alkyl halides is 1. The third kappa shape index (κ3) is 3.19. The van der Waals surface area contributed by atoms with E-state index in [-0.39, 0.29) is 5.38 Å². The molecule has 1 atom stereocenters. The lowest BCUT2D eigenvalue weighted by molar-refractivity contribution is 0.354. The van der Waals surface area contributed by atoms with E-state index in [0.29, 0.717) is 16.5 Å². The summed E-state index contributed by atoms with van der Waals surface area (Å²) < 4.78 is 11.5. The summed E-state index contributed by atoms with van der Waals surface area (Å²) in [6.07, 6.45) is 0. The number of thiophene rings is 1. The summed E-state index contributed by atoms with van der Waals surface area (Å²) in [6.45, 7) is 0. The molecule has 0 aliphatic carbocycles. The Kier molecular flexibility index (Phi) is 5.01. The number of benzene rings is 1. The SMILES string of the molecule is COc1cc(Cl)c(C(Cl)c2ccc(Br)s2)cc1OC. The molecular formula is C13H11BrCl2O2S. The zero-order valence-electron chi connectivity index (χ0n) is 10.2. The van der Waals surface area contributed by atoms with Crippen LogP contribution in [0.4, 0.5) is 0 Å².